The highest BCUT2D eigenvalue weighted by molar-refractivity contribution is 6.01. The summed E-state index contributed by atoms with van der Waals surface area (Å²) in [6, 6.07) is 16.2. The van der Waals surface area contributed by atoms with Gasteiger partial charge in [-0.05, 0) is 54.1 Å². The fourth-order valence-electron chi connectivity index (χ4n) is 2.63. The van der Waals surface area contributed by atoms with Gasteiger partial charge in [0.15, 0.2) is 6.10 Å². The number of benzene rings is 3. The summed E-state index contributed by atoms with van der Waals surface area (Å²) in [6.07, 6.45) is -1.10. The van der Waals surface area contributed by atoms with E-state index in [9.17, 15) is 19.5 Å². The minimum Gasteiger partial charge on any atom is -0.507 e. The van der Waals surface area contributed by atoms with Gasteiger partial charge in [0.05, 0.1) is 0 Å². The lowest BCUT2D eigenvalue weighted by molar-refractivity contribution is -0.123. The third-order valence-corrected chi connectivity index (χ3v) is 4.17. The van der Waals surface area contributed by atoms with E-state index >= 15 is 0 Å². The van der Waals surface area contributed by atoms with Crippen LogP contribution in [0.4, 0.5) is 5.69 Å². The summed E-state index contributed by atoms with van der Waals surface area (Å²) >= 11 is 0. The molecule has 3 aromatic carbocycles. The number of ether oxygens (including phenoxy) is 1. The number of carbonyl (C=O) groups excluding carboxylic acids is 3. The van der Waals surface area contributed by atoms with Crippen LogP contribution in [0.1, 0.15) is 27.6 Å². The molecule has 0 saturated carbocycles. The number of hydrogen-bond acceptors (Lipinski definition) is 5. The molecule has 0 saturated heterocycles. The van der Waals surface area contributed by atoms with E-state index in [1.807, 2.05) is 18.2 Å². The van der Waals surface area contributed by atoms with Crippen molar-refractivity contribution in [2.75, 3.05) is 5.32 Å². The lowest BCUT2D eigenvalue weighted by atomic mass is 10.1. The standard InChI is InChI=1S/C21H18N2O5/c1-12(20(26)23-16-8-6-13(7-9-16)19(22)25)28-21(27)17-10-14-4-2-3-5-15(14)11-18(17)24/h2-12,24H,1H3,(H2,22,25)(H,23,26)/t12-/m1/s1. The molecule has 142 valence electrons. The zero-order chi connectivity index (χ0) is 20.3. The highest BCUT2D eigenvalue weighted by Crippen LogP contribution is 2.26. The van der Waals surface area contributed by atoms with Crippen LogP contribution in [0.3, 0.4) is 0 Å². The number of aromatic hydroxyl groups is 1. The van der Waals surface area contributed by atoms with Crippen LogP contribution in [0.15, 0.2) is 60.7 Å². The molecule has 3 rings (SSSR count). The minimum absolute atomic E-state index is 0.0239. The van der Waals surface area contributed by atoms with Crippen LogP contribution in [-0.4, -0.2) is 29.0 Å². The van der Waals surface area contributed by atoms with E-state index in [0.717, 1.165) is 10.8 Å². The molecule has 7 nitrogen and oxygen atoms in total. The average Bonchev–Trinajstić information content (AvgIpc) is 2.67. The van der Waals surface area contributed by atoms with Crippen LogP contribution in [0.2, 0.25) is 0 Å². The number of primary amides is 1. The van der Waals surface area contributed by atoms with E-state index in [0.29, 0.717) is 11.3 Å². The van der Waals surface area contributed by atoms with Crippen molar-refractivity contribution in [3.63, 3.8) is 0 Å². The number of fused-ring (bicyclic) bond motifs is 1. The second-order valence-corrected chi connectivity index (χ2v) is 6.19. The Morgan fingerprint density at radius 3 is 2.21 bits per heavy atom. The summed E-state index contributed by atoms with van der Waals surface area (Å²) in [6.45, 7) is 1.42. The first-order valence-electron chi connectivity index (χ1n) is 8.48. The third kappa shape index (κ3) is 4.09. The molecule has 0 spiro atoms. The number of rotatable bonds is 5. The summed E-state index contributed by atoms with van der Waals surface area (Å²) in [7, 11) is 0. The Labute approximate surface area is 160 Å². The van der Waals surface area contributed by atoms with Gasteiger partial charge in [0.2, 0.25) is 5.91 Å². The normalized spacial score (nSPS) is 11.6. The van der Waals surface area contributed by atoms with Gasteiger partial charge in [-0.2, -0.15) is 0 Å². The largest absolute Gasteiger partial charge is 0.507 e. The molecular weight excluding hydrogens is 360 g/mol. The molecule has 0 radical (unpaired) electrons. The molecule has 28 heavy (non-hydrogen) atoms. The Morgan fingerprint density at radius 2 is 1.61 bits per heavy atom. The van der Waals surface area contributed by atoms with E-state index in [1.165, 1.54) is 43.3 Å². The molecule has 0 aromatic heterocycles. The van der Waals surface area contributed by atoms with E-state index in [-0.39, 0.29) is 11.3 Å². The molecule has 0 aliphatic carbocycles. The number of esters is 1. The number of amides is 2. The van der Waals surface area contributed by atoms with Crippen molar-refractivity contribution in [3.8, 4) is 5.75 Å². The average molecular weight is 378 g/mol. The summed E-state index contributed by atoms with van der Waals surface area (Å²) in [5.41, 5.74) is 5.87. The fraction of sp³-hybridized carbons (Fsp3) is 0.0952. The quantitative estimate of drug-likeness (QED) is 0.590. The highest BCUT2D eigenvalue weighted by atomic mass is 16.5. The second-order valence-electron chi connectivity index (χ2n) is 6.19. The number of nitrogens with one attached hydrogen (secondary N) is 1. The van der Waals surface area contributed by atoms with E-state index < -0.39 is 23.9 Å². The van der Waals surface area contributed by atoms with E-state index in [1.54, 1.807) is 6.07 Å². The van der Waals surface area contributed by atoms with Gasteiger partial charge >= 0.3 is 5.97 Å². The predicted molar refractivity (Wildman–Crippen MR) is 104 cm³/mol. The van der Waals surface area contributed by atoms with Gasteiger partial charge in [-0.3, -0.25) is 9.59 Å². The van der Waals surface area contributed by atoms with Gasteiger partial charge in [-0.15, -0.1) is 0 Å². The number of hydrogen-bond donors (Lipinski definition) is 3. The Morgan fingerprint density at radius 1 is 1.00 bits per heavy atom. The lowest BCUT2D eigenvalue weighted by Gasteiger charge is -2.14. The van der Waals surface area contributed by atoms with Crippen LogP contribution in [-0.2, 0) is 9.53 Å². The van der Waals surface area contributed by atoms with Crippen molar-refractivity contribution in [1.29, 1.82) is 0 Å². The Balaban J connectivity index is 1.68. The van der Waals surface area contributed by atoms with Crippen molar-refractivity contribution in [2.45, 2.75) is 13.0 Å². The van der Waals surface area contributed by atoms with Gasteiger partial charge < -0.3 is 20.9 Å². The van der Waals surface area contributed by atoms with Crippen LogP contribution >= 0.6 is 0 Å². The molecule has 2 amide bonds. The number of carbonyl (C=O) groups is 3. The molecular formula is C21H18N2O5. The molecule has 3 aromatic rings. The molecule has 0 heterocycles. The van der Waals surface area contributed by atoms with Crippen LogP contribution in [0.25, 0.3) is 10.8 Å². The predicted octanol–water partition coefficient (Wildman–Crippen LogP) is 2.83. The van der Waals surface area contributed by atoms with Crippen molar-refractivity contribution in [2.24, 2.45) is 5.73 Å². The fourth-order valence-corrected chi connectivity index (χ4v) is 2.63. The van der Waals surface area contributed by atoms with Gasteiger partial charge in [0.25, 0.3) is 5.91 Å². The molecule has 1 atom stereocenters. The smallest absolute Gasteiger partial charge is 0.342 e. The monoisotopic (exact) mass is 378 g/mol. The Hall–Kier alpha value is -3.87. The van der Waals surface area contributed by atoms with E-state index in [2.05, 4.69) is 5.32 Å². The zero-order valence-electron chi connectivity index (χ0n) is 15.0. The summed E-state index contributed by atoms with van der Waals surface area (Å²) < 4.78 is 5.18. The SMILES string of the molecule is C[C@@H](OC(=O)c1cc2ccccc2cc1O)C(=O)Nc1ccc(C(N)=O)cc1. The van der Waals surface area contributed by atoms with Crippen LogP contribution in [0, 0.1) is 0 Å². The summed E-state index contributed by atoms with van der Waals surface area (Å²) in [5.74, 6) is -2.16. The summed E-state index contributed by atoms with van der Waals surface area (Å²) in [4.78, 5) is 35.7. The van der Waals surface area contributed by atoms with E-state index in [4.69, 9.17) is 10.5 Å². The van der Waals surface area contributed by atoms with Gasteiger partial charge in [-0.25, -0.2) is 4.79 Å². The lowest BCUT2D eigenvalue weighted by Crippen LogP contribution is -2.30. The molecule has 4 N–H and O–H groups in total. The maximum Gasteiger partial charge on any atom is 0.342 e. The third-order valence-electron chi connectivity index (χ3n) is 4.17. The van der Waals surface area contributed by atoms with Crippen LogP contribution < -0.4 is 11.1 Å². The van der Waals surface area contributed by atoms with Crippen molar-refractivity contribution in [1.82, 2.24) is 0 Å². The molecule has 0 aliphatic heterocycles. The Bertz CT molecular complexity index is 1060. The first-order valence-corrected chi connectivity index (χ1v) is 8.48. The number of phenolic OH excluding ortho intramolecular Hbond substituents is 1. The highest BCUT2D eigenvalue weighted by Gasteiger charge is 2.21. The maximum absolute atomic E-state index is 12.4. The van der Waals surface area contributed by atoms with Gasteiger partial charge in [0, 0.05) is 11.3 Å². The molecule has 0 bridgehead atoms. The first kappa shape index (κ1) is 18.9. The minimum atomic E-state index is -1.10. The second kappa shape index (κ2) is 7.79. The zero-order valence-corrected chi connectivity index (χ0v) is 15.0. The van der Waals surface area contributed by atoms with Crippen molar-refractivity contribution < 1.29 is 24.2 Å². The first-order chi connectivity index (χ1) is 13.3. The maximum atomic E-state index is 12.4. The molecule has 7 heteroatoms. The molecule has 0 unspecified atom stereocenters. The number of nitrogens with two attached hydrogens (primary N) is 1. The number of anilines is 1. The topological polar surface area (TPSA) is 119 Å². The molecule has 0 aliphatic rings. The van der Waals surface area contributed by atoms with Gasteiger partial charge in [0.1, 0.15) is 11.3 Å². The Kier molecular flexibility index (Phi) is 5.26. The van der Waals surface area contributed by atoms with Crippen LogP contribution in [0.5, 0.6) is 5.75 Å². The molecule has 0 fully saturated rings. The van der Waals surface area contributed by atoms with Crippen molar-refractivity contribution in [3.05, 3.63) is 71.8 Å². The van der Waals surface area contributed by atoms with Gasteiger partial charge in [-0.1, -0.05) is 24.3 Å². The number of phenols is 1. The summed E-state index contributed by atoms with van der Waals surface area (Å²) in [5, 5.41) is 14.2. The van der Waals surface area contributed by atoms with Crippen molar-refractivity contribution >= 4 is 34.2 Å².